The lowest BCUT2D eigenvalue weighted by Gasteiger charge is -1.66. The normalized spacial score (nSPS) is 12.4. The fourth-order valence-electron chi connectivity index (χ4n) is 0.0745. The van der Waals surface area contributed by atoms with Crippen molar-refractivity contribution in [3.8, 4) is 0 Å². The minimum atomic E-state index is -0.0228. The van der Waals surface area contributed by atoms with Crippen molar-refractivity contribution in [3.63, 3.8) is 0 Å². The van der Waals surface area contributed by atoms with Crippen molar-refractivity contribution < 1.29 is 4.89 Å². The largest absolute Gasteiger partial charge is 0.373 e. The highest BCUT2D eigenvalue weighted by Gasteiger charge is 1.52. The van der Waals surface area contributed by atoms with Crippen LogP contribution in [0.1, 0.15) is 6.92 Å². The molecule has 1 N–H and O–H groups in total. The van der Waals surface area contributed by atoms with E-state index >= 15 is 0 Å². The smallest absolute Gasteiger partial charge is 0.0342 e. The van der Waals surface area contributed by atoms with E-state index < -0.39 is 0 Å². The number of rotatable bonds is 1. The zero-order chi connectivity index (χ0) is 4.12. The molecule has 1 nitrogen and oxygen atoms in total. The Bertz CT molecular complexity index is 33.9. The molecule has 0 bridgehead atoms. The van der Waals surface area contributed by atoms with Crippen molar-refractivity contribution in [2.75, 3.05) is 0 Å². The standard InChI is InChI=1S/C3H7OP/c1-2-3-5-4/h2-5H,1H3/b3-2+. The molecule has 0 rings (SSSR count). The van der Waals surface area contributed by atoms with Crippen LogP contribution < -0.4 is 0 Å². The van der Waals surface area contributed by atoms with Crippen LogP contribution in [0.5, 0.6) is 0 Å². The summed E-state index contributed by atoms with van der Waals surface area (Å²) in [4.78, 5) is 8.01. The summed E-state index contributed by atoms with van der Waals surface area (Å²) in [7, 11) is -0.0228. The second-order valence-corrected chi connectivity index (χ2v) is 1.22. The van der Waals surface area contributed by atoms with Gasteiger partial charge in [0.15, 0.2) is 0 Å². The van der Waals surface area contributed by atoms with Gasteiger partial charge in [-0.2, -0.15) is 0 Å². The van der Waals surface area contributed by atoms with Crippen molar-refractivity contribution in [3.05, 3.63) is 11.9 Å². The van der Waals surface area contributed by atoms with Crippen LogP contribution in [0.4, 0.5) is 0 Å². The molecule has 0 saturated carbocycles. The van der Waals surface area contributed by atoms with Crippen molar-refractivity contribution >= 4 is 8.81 Å². The first-order valence-corrected chi connectivity index (χ1v) is 2.45. The Morgan fingerprint density at radius 1 is 1.80 bits per heavy atom. The Morgan fingerprint density at radius 3 is 2.40 bits per heavy atom. The van der Waals surface area contributed by atoms with E-state index in [4.69, 9.17) is 4.89 Å². The van der Waals surface area contributed by atoms with E-state index in [2.05, 4.69) is 0 Å². The van der Waals surface area contributed by atoms with Crippen molar-refractivity contribution in [2.24, 2.45) is 0 Å². The summed E-state index contributed by atoms with van der Waals surface area (Å²) in [6, 6.07) is 0. The van der Waals surface area contributed by atoms with E-state index in [1.807, 2.05) is 13.0 Å². The van der Waals surface area contributed by atoms with Crippen LogP contribution in [0.2, 0.25) is 0 Å². The second-order valence-electron chi connectivity index (χ2n) is 0.629. The summed E-state index contributed by atoms with van der Waals surface area (Å²) >= 11 is 0. The first-order valence-electron chi connectivity index (χ1n) is 1.42. The van der Waals surface area contributed by atoms with E-state index in [9.17, 15) is 0 Å². The molecule has 0 aliphatic heterocycles. The summed E-state index contributed by atoms with van der Waals surface area (Å²) < 4.78 is 0. The Kier molecular flexibility index (Phi) is 4.24. The molecular weight excluding hydrogens is 83.0 g/mol. The zero-order valence-corrected chi connectivity index (χ0v) is 4.10. The molecule has 0 aliphatic rings. The molecule has 0 aromatic carbocycles. The first-order chi connectivity index (χ1) is 2.41. The third-order valence-electron chi connectivity index (χ3n) is 0.241. The zero-order valence-electron chi connectivity index (χ0n) is 3.10. The van der Waals surface area contributed by atoms with Gasteiger partial charge in [-0.15, -0.1) is 0 Å². The van der Waals surface area contributed by atoms with Crippen molar-refractivity contribution in [2.45, 2.75) is 6.92 Å². The minimum absolute atomic E-state index is 0.0228. The third kappa shape index (κ3) is 4.13. The number of hydrogen-bond acceptors (Lipinski definition) is 1. The predicted molar refractivity (Wildman–Crippen MR) is 25.3 cm³/mol. The third-order valence-corrected chi connectivity index (χ3v) is 0.724. The van der Waals surface area contributed by atoms with E-state index in [1.165, 1.54) is 0 Å². The average molecular weight is 90.1 g/mol. The van der Waals surface area contributed by atoms with Gasteiger partial charge in [0.05, 0.1) is 0 Å². The van der Waals surface area contributed by atoms with Crippen LogP contribution in [0, 0.1) is 0 Å². The van der Waals surface area contributed by atoms with E-state index in [-0.39, 0.29) is 8.81 Å². The maximum atomic E-state index is 8.01. The minimum Gasteiger partial charge on any atom is -0.373 e. The van der Waals surface area contributed by atoms with Crippen molar-refractivity contribution in [1.82, 2.24) is 0 Å². The van der Waals surface area contributed by atoms with Gasteiger partial charge >= 0.3 is 0 Å². The fraction of sp³-hybridized carbons (Fsp3) is 0.333. The maximum Gasteiger partial charge on any atom is 0.0342 e. The van der Waals surface area contributed by atoms with E-state index in [0.717, 1.165) is 0 Å². The molecule has 1 atom stereocenters. The molecule has 0 spiro atoms. The van der Waals surface area contributed by atoms with Gasteiger partial charge in [0.1, 0.15) is 0 Å². The molecule has 0 radical (unpaired) electrons. The summed E-state index contributed by atoms with van der Waals surface area (Å²) in [5, 5.41) is 0. The summed E-state index contributed by atoms with van der Waals surface area (Å²) in [6.45, 7) is 1.88. The molecule has 2 heteroatoms. The molecule has 5 heavy (non-hydrogen) atoms. The highest BCUT2D eigenvalue weighted by atomic mass is 31.1. The van der Waals surface area contributed by atoms with Gasteiger partial charge in [0.25, 0.3) is 0 Å². The fourth-order valence-corrected chi connectivity index (χ4v) is 0.224. The lowest BCUT2D eigenvalue weighted by Crippen LogP contribution is -1.31. The molecule has 0 aromatic heterocycles. The molecule has 30 valence electrons. The van der Waals surface area contributed by atoms with Gasteiger partial charge in [0, 0.05) is 8.81 Å². The highest BCUT2D eigenvalue weighted by molar-refractivity contribution is 7.34. The van der Waals surface area contributed by atoms with Crippen LogP contribution in [-0.2, 0) is 0 Å². The summed E-state index contributed by atoms with van der Waals surface area (Å²) in [5.74, 6) is 1.71. The Morgan fingerprint density at radius 2 is 2.40 bits per heavy atom. The summed E-state index contributed by atoms with van der Waals surface area (Å²) in [6.07, 6.45) is 1.82. The van der Waals surface area contributed by atoms with Gasteiger partial charge in [-0.1, -0.05) is 6.08 Å². The molecule has 0 amide bonds. The molecule has 0 fully saturated rings. The highest BCUT2D eigenvalue weighted by Crippen LogP contribution is 1.99. The van der Waals surface area contributed by atoms with Gasteiger partial charge in [-0.05, 0) is 12.7 Å². The number of hydrogen-bond donors (Lipinski definition) is 1. The monoisotopic (exact) mass is 90.0 g/mol. The lowest BCUT2D eigenvalue weighted by molar-refractivity contribution is 0.654. The van der Waals surface area contributed by atoms with Crippen LogP contribution >= 0.6 is 8.81 Å². The molecule has 0 aliphatic carbocycles. The van der Waals surface area contributed by atoms with Crippen LogP contribution in [0.15, 0.2) is 11.9 Å². The van der Waals surface area contributed by atoms with Crippen LogP contribution in [-0.4, -0.2) is 4.89 Å². The summed E-state index contributed by atoms with van der Waals surface area (Å²) in [5.41, 5.74) is 0. The predicted octanol–water partition coefficient (Wildman–Crippen LogP) is 1.11. The number of allylic oxidation sites excluding steroid dienone is 1. The molecular formula is C3H7OP. The van der Waals surface area contributed by atoms with Gasteiger partial charge in [-0.3, -0.25) is 0 Å². The van der Waals surface area contributed by atoms with Crippen LogP contribution in [0.3, 0.4) is 0 Å². The first kappa shape index (κ1) is 5.13. The molecule has 1 unspecified atom stereocenters. The Labute approximate surface area is 33.6 Å². The van der Waals surface area contributed by atoms with Crippen molar-refractivity contribution in [1.29, 1.82) is 0 Å². The van der Waals surface area contributed by atoms with E-state index in [0.29, 0.717) is 0 Å². The molecule has 0 heterocycles. The van der Waals surface area contributed by atoms with Gasteiger partial charge < -0.3 is 4.89 Å². The molecule has 0 saturated heterocycles. The molecule has 0 aromatic rings. The topological polar surface area (TPSA) is 20.2 Å². The van der Waals surface area contributed by atoms with E-state index in [1.54, 1.807) is 5.82 Å². The van der Waals surface area contributed by atoms with Crippen LogP contribution in [0.25, 0.3) is 0 Å². The maximum absolute atomic E-state index is 8.01. The second kappa shape index (κ2) is 4.13. The Balaban J connectivity index is 2.62. The average Bonchev–Trinajstić information content (AvgIpc) is 1.41. The van der Waals surface area contributed by atoms with Gasteiger partial charge in [0.2, 0.25) is 0 Å². The quantitative estimate of drug-likeness (QED) is 0.478. The van der Waals surface area contributed by atoms with Gasteiger partial charge in [-0.25, -0.2) is 0 Å². The lowest BCUT2D eigenvalue weighted by atomic mass is 10.8. The Hall–Kier alpha value is 0.130. The SMILES string of the molecule is C/C=C/PO.